The molecule has 2 heterocycles. The average molecular weight is 232 g/mol. The third-order valence-electron chi connectivity index (χ3n) is 3.77. The van der Waals surface area contributed by atoms with E-state index in [0.717, 1.165) is 18.8 Å². The van der Waals surface area contributed by atoms with Crippen LogP contribution in [0, 0.1) is 25.2 Å². The van der Waals surface area contributed by atoms with Crippen LogP contribution in [0.5, 0.6) is 0 Å². The van der Waals surface area contributed by atoms with E-state index in [1.807, 2.05) is 11.7 Å². The Hall–Kier alpha value is -1.34. The zero-order valence-electron chi connectivity index (χ0n) is 10.9. The molecular formula is C13H20N4. The second-order valence-electron chi connectivity index (χ2n) is 4.81. The summed E-state index contributed by atoms with van der Waals surface area (Å²) < 4.78 is 1.96. The monoisotopic (exact) mass is 232 g/mol. The van der Waals surface area contributed by atoms with Crippen LogP contribution >= 0.6 is 0 Å². The summed E-state index contributed by atoms with van der Waals surface area (Å²) in [6.45, 7) is 6.22. The Kier molecular flexibility index (Phi) is 3.49. The molecule has 4 nitrogen and oxygen atoms in total. The van der Waals surface area contributed by atoms with Gasteiger partial charge >= 0.3 is 0 Å². The van der Waals surface area contributed by atoms with E-state index in [1.165, 1.54) is 24.1 Å². The summed E-state index contributed by atoms with van der Waals surface area (Å²) in [5, 5.41) is 13.2. The number of rotatable bonds is 3. The van der Waals surface area contributed by atoms with E-state index >= 15 is 0 Å². The molecule has 0 spiro atoms. The Bertz CT molecular complexity index is 441. The van der Waals surface area contributed by atoms with Crippen molar-refractivity contribution in [1.29, 1.82) is 5.26 Å². The fraction of sp³-hybridized carbons (Fsp3) is 0.692. The molecule has 1 fully saturated rings. The first-order valence-corrected chi connectivity index (χ1v) is 6.26. The van der Waals surface area contributed by atoms with Crippen molar-refractivity contribution < 1.29 is 0 Å². The van der Waals surface area contributed by atoms with Crippen molar-refractivity contribution in [3.8, 4) is 6.07 Å². The summed E-state index contributed by atoms with van der Waals surface area (Å²) in [6, 6.07) is 2.71. The smallest absolute Gasteiger partial charge is 0.0644 e. The molecule has 0 aromatic carbocycles. The third kappa shape index (κ3) is 2.20. The average Bonchev–Trinajstić information content (AvgIpc) is 2.82. The van der Waals surface area contributed by atoms with E-state index in [-0.39, 0.29) is 0 Å². The lowest BCUT2D eigenvalue weighted by atomic mass is 10.0. The van der Waals surface area contributed by atoms with Gasteiger partial charge in [0.1, 0.15) is 0 Å². The molecule has 0 unspecified atom stereocenters. The van der Waals surface area contributed by atoms with Crippen LogP contribution in [-0.2, 0) is 7.05 Å². The largest absolute Gasteiger partial charge is 0.295 e. The highest BCUT2D eigenvalue weighted by Gasteiger charge is 2.29. The first-order valence-electron chi connectivity index (χ1n) is 6.26. The van der Waals surface area contributed by atoms with Crippen molar-refractivity contribution in [3.05, 3.63) is 17.0 Å². The molecule has 1 aliphatic heterocycles. The van der Waals surface area contributed by atoms with Crippen LogP contribution in [-0.4, -0.2) is 27.8 Å². The summed E-state index contributed by atoms with van der Waals surface area (Å²) in [7, 11) is 2.00. The minimum absolute atomic E-state index is 0.469. The fourth-order valence-corrected chi connectivity index (χ4v) is 2.89. The van der Waals surface area contributed by atoms with Crippen molar-refractivity contribution in [2.75, 3.05) is 13.1 Å². The molecule has 0 saturated carbocycles. The first-order chi connectivity index (χ1) is 8.15. The van der Waals surface area contributed by atoms with Gasteiger partial charge in [0.2, 0.25) is 0 Å². The summed E-state index contributed by atoms with van der Waals surface area (Å²) in [5.74, 6) is 0. The van der Waals surface area contributed by atoms with Gasteiger partial charge in [0.25, 0.3) is 0 Å². The van der Waals surface area contributed by atoms with Crippen LogP contribution in [0.4, 0.5) is 0 Å². The zero-order chi connectivity index (χ0) is 12.4. The fourth-order valence-electron chi connectivity index (χ4n) is 2.89. The van der Waals surface area contributed by atoms with Crippen LogP contribution in [0.3, 0.4) is 0 Å². The molecule has 1 saturated heterocycles. The molecule has 17 heavy (non-hydrogen) atoms. The number of aryl methyl sites for hydroxylation is 2. The predicted molar refractivity (Wildman–Crippen MR) is 66.5 cm³/mol. The van der Waals surface area contributed by atoms with Gasteiger partial charge < -0.3 is 0 Å². The molecule has 2 rings (SSSR count). The molecule has 1 aliphatic rings. The third-order valence-corrected chi connectivity index (χ3v) is 3.77. The van der Waals surface area contributed by atoms with E-state index in [4.69, 9.17) is 5.26 Å². The SMILES string of the molecule is Cc1nn(C)c(C)c1[C@H]1CCCN1CCC#N. The molecule has 0 radical (unpaired) electrons. The molecule has 0 amide bonds. The molecule has 0 bridgehead atoms. The normalized spacial score (nSPS) is 20.7. The van der Waals surface area contributed by atoms with Gasteiger partial charge in [0.15, 0.2) is 0 Å². The maximum atomic E-state index is 8.70. The van der Waals surface area contributed by atoms with E-state index in [0.29, 0.717) is 12.5 Å². The van der Waals surface area contributed by atoms with Crippen LogP contribution in [0.25, 0.3) is 0 Å². The summed E-state index contributed by atoms with van der Waals surface area (Å²) in [5.41, 5.74) is 3.78. The highest BCUT2D eigenvalue weighted by atomic mass is 15.3. The Balaban J connectivity index is 2.23. The Morgan fingerprint density at radius 1 is 1.47 bits per heavy atom. The molecule has 92 valence electrons. The molecule has 0 N–H and O–H groups in total. The summed E-state index contributed by atoms with van der Waals surface area (Å²) in [4.78, 5) is 2.43. The van der Waals surface area contributed by atoms with Gasteiger partial charge in [0.05, 0.1) is 11.8 Å². The highest BCUT2D eigenvalue weighted by Crippen LogP contribution is 2.35. The molecule has 4 heteroatoms. The Labute approximate surface area is 103 Å². The van der Waals surface area contributed by atoms with Crippen molar-refractivity contribution in [2.45, 2.75) is 39.2 Å². The Morgan fingerprint density at radius 2 is 2.24 bits per heavy atom. The number of nitrogens with zero attached hydrogens (tertiary/aromatic N) is 4. The van der Waals surface area contributed by atoms with Gasteiger partial charge in [-0.05, 0) is 33.2 Å². The summed E-state index contributed by atoms with van der Waals surface area (Å²) >= 11 is 0. The lowest BCUT2D eigenvalue weighted by Gasteiger charge is -2.24. The van der Waals surface area contributed by atoms with Crippen LogP contribution in [0.1, 0.15) is 42.3 Å². The number of likely N-dealkylation sites (tertiary alicyclic amines) is 1. The van der Waals surface area contributed by atoms with Gasteiger partial charge in [-0.3, -0.25) is 9.58 Å². The topological polar surface area (TPSA) is 44.9 Å². The molecule has 1 atom stereocenters. The van der Waals surface area contributed by atoms with Gasteiger partial charge in [-0.1, -0.05) is 0 Å². The maximum Gasteiger partial charge on any atom is 0.0644 e. The van der Waals surface area contributed by atoms with Gasteiger partial charge in [0, 0.05) is 37.3 Å². The standard InChI is InChI=1S/C13H20N4/c1-10-13(11(2)16(3)15-10)12-6-4-8-17(12)9-5-7-14/h12H,4-6,8-9H2,1-3H3/t12-/m1/s1. The van der Waals surface area contributed by atoms with Crippen molar-refractivity contribution in [3.63, 3.8) is 0 Å². The second kappa shape index (κ2) is 4.89. The molecule has 0 aliphatic carbocycles. The van der Waals surface area contributed by atoms with Crippen LogP contribution in [0.2, 0.25) is 0 Å². The Morgan fingerprint density at radius 3 is 2.82 bits per heavy atom. The molecule has 1 aromatic rings. The number of hydrogen-bond acceptors (Lipinski definition) is 3. The first kappa shape index (κ1) is 12.1. The number of aromatic nitrogens is 2. The maximum absolute atomic E-state index is 8.70. The number of nitriles is 1. The minimum Gasteiger partial charge on any atom is -0.295 e. The van der Waals surface area contributed by atoms with E-state index in [1.54, 1.807) is 0 Å². The minimum atomic E-state index is 0.469. The quantitative estimate of drug-likeness (QED) is 0.801. The van der Waals surface area contributed by atoms with Crippen LogP contribution in [0.15, 0.2) is 0 Å². The van der Waals surface area contributed by atoms with Crippen LogP contribution < -0.4 is 0 Å². The predicted octanol–water partition coefficient (Wildman–Crippen LogP) is 2.09. The lowest BCUT2D eigenvalue weighted by molar-refractivity contribution is 0.262. The van der Waals surface area contributed by atoms with Gasteiger partial charge in [-0.15, -0.1) is 0 Å². The number of hydrogen-bond donors (Lipinski definition) is 0. The zero-order valence-corrected chi connectivity index (χ0v) is 10.9. The highest BCUT2D eigenvalue weighted by molar-refractivity contribution is 5.29. The lowest BCUT2D eigenvalue weighted by Crippen LogP contribution is -2.25. The van der Waals surface area contributed by atoms with E-state index < -0.39 is 0 Å². The van der Waals surface area contributed by atoms with Crippen molar-refractivity contribution >= 4 is 0 Å². The molecule has 1 aromatic heterocycles. The van der Waals surface area contributed by atoms with Crippen molar-refractivity contribution in [1.82, 2.24) is 14.7 Å². The molecular weight excluding hydrogens is 212 g/mol. The summed E-state index contributed by atoms with van der Waals surface area (Å²) in [6.07, 6.45) is 3.04. The van der Waals surface area contributed by atoms with E-state index in [2.05, 4.69) is 29.9 Å². The van der Waals surface area contributed by atoms with Crippen molar-refractivity contribution in [2.24, 2.45) is 7.05 Å². The second-order valence-corrected chi connectivity index (χ2v) is 4.81. The van der Waals surface area contributed by atoms with E-state index in [9.17, 15) is 0 Å². The van der Waals surface area contributed by atoms with Gasteiger partial charge in [-0.25, -0.2) is 0 Å². The van der Waals surface area contributed by atoms with Gasteiger partial charge in [-0.2, -0.15) is 10.4 Å².